The highest BCUT2D eigenvalue weighted by molar-refractivity contribution is 7.22. The van der Waals surface area contributed by atoms with Crippen LogP contribution in [0.25, 0.3) is 32.4 Å². The summed E-state index contributed by atoms with van der Waals surface area (Å²) >= 11 is 7.46. The fraction of sp³-hybridized carbons (Fsp3) is 0. The lowest BCUT2D eigenvalue weighted by Crippen LogP contribution is -2.13. The van der Waals surface area contributed by atoms with Gasteiger partial charge in [0.25, 0.3) is 5.91 Å². The SMILES string of the molecule is O=C(Nc1nc2ccccc2s1)c1cc(-c2ccc(Cl)cc2)nc2ccccc12. The van der Waals surface area contributed by atoms with Crippen LogP contribution in [0.4, 0.5) is 5.13 Å². The number of nitrogens with one attached hydrogen (secondary N) is 1. The maximum Gasteiger partial charge on any atom is 0.258 e. The number of nitrogens with zero attached hydrogens (tertiary/aromatic N) is 2. The normalized spacial score (nSPS) is 11.1. The number of hydrogen-bond donors (Lipinski definition) is 1. The van der Waals surface area contributed by atoms with Crippen LogP contribution < -0.4 is 5.32 Å². The number of thiazole rings is 1. The summed E-state index contributed by atoms with van der Waals surface area (Å²) in [7, 11) is 0. The fourth-order valence-corrected chi connectivity index (χ4v) is 4.21. The highest BCUT2D eigenvalue weighted by Gasteiger charge is 2.16. The number of carbonyl (C=O) groups excluding carboxylic acids is 1. The molecule has 2 heterocycles. The third-order valence-electron chi connectivity index (χ3n) is 4.62. The van der Waals surface area contributed by atoms with Gasteiger partial charge in [-0.3, -0.25) is 10.1 Å². The third-order valence-corrected chi connectivity index (χ3v) is 5.82. The number of aromatic nitrogens is 2. The van der Waals surface area contributed by atoms with E-state index in [-0.39, 0.29) is 5.91 Å². The molecule has 1 N–H and O–H groups in total. The minimum atomic E-state index is -0.210. The van der Waals surface area contributed by atoms with Gasteiger partial charge < -0.3 is 0 Å². The number of anilines is 1. The summed E-state index contributed by atoms with van der Waals surface area (Å²) in [6.07, 6.45) is 0. The van der Waals surface area contributed by atoms with Gasteiger partial charge in [-0.15, -0.1) is 0 Å². The molecule has 0 aliphatic heterocycles. The molecule has 0 aliphatic rings. The zero-order chi connectivity index (χ0) is 19.8. The monoisotopic (exact) mass is 415 g/mol. The number of para-hydroxylation sites is 2. The molecule has 5 aromatic rings. The summed E-state index contributed by atoms with van der Waals surface area (Å²) in [6.45, 7) is 0. The average molecular weight is 416 g/mol. The van der Waals surface area contributed by atoms with Crippen molar-refractivity contribution in [3.05, 3.63) is 89.4 Å². The van der Waals surface area contributed by atoms with Crippen molar-refractivity contribution in [2.24, 2.45) is 0 Å². The van der Waals surface area contributed by atoms with Gasteiger partial charge in [0.1, 0.15) is 0 Å². The Morgan fingerprint density at radius 1 is 0.862 bits per heavy atom. The molecule has 4 nitrogen and oxygen atoms in total. The molecular formula is C23H14ClN3OS. The lowest BCUT2D eigenvalue weighted by atomic mass is 10.0. The number of fused-ring (bicyclic) bond motifs is 2. The Labute approximate surface area is 175 Å². The van der Waals surface area contributed by atoms with Crippen LogP contribution in [0.15, 0.2) is 78.9 Å². The van der Waals surface area contributed by atoms with Crippen LogP contribution in [0.5, 0.6) is 0 Å². The van der Waals surface area contributed by atoms with E-state index in [0.29, 0.717) is 15.7 Å². The number of amides is 1. The van der Waals surface area contributed by atoms with E-state index in [1.165, 1.54) is 11.3 Å². The Balaban J connectivity index is 1.58. The average Bonchev–Trinajstić information content (AvgIpc) is 3.15. The first kappa shape index (κ1) is 17.8. The smallest absolute Gasteiger partial charge is 0.258 e. The first-order chi connectivity index (χ1) is 14.2. The predicted octanol–water partition coefficient (Wildman–Crippen LogP) is 6.42. The Morgan fingerprint density at radius 3 is 2.38 bits per heavy atom. The molecule has 140 valence electrons. The van der Waals surface area contributed by atoms with Crippen LogP contribution in [0.3, 0.4) is 0 Å². The molecule has 0 spiro atoms. The van der Waals surface area contributed by atoms with Gasteiger partial charge in [-0.1, -0.05) is 65.4 Å². The fourth-order valence-electron chi connectivity index (χ4n) is 3.22. The standard InChI is InChI=1S/C23H14ClN3OS/c24-15-11-9-14(10-12-15)20-13-17(16-5-1-2-6-18(16)25-20)22(28)27-23-26-19-7-3-4-8-21(19)29-23/h1-13H,(H,26,27,28). The van der Waals surface area contributed by atoms with Gasteiger partial charge in [0.15, 0.2) is 5.13 Å². The zero-order valence-electron chi connectivity index (χ0n) is 15.1. The molecule has 0 saturated heterocycles. The molecule has 0 fully saturated rings. The molecule has 6 heteroatoms. The molecule has 3 aromatic carbocycles. The van der Waals surface area contributed by atoms with Crippen LogP contribution in [-0.4, -0.2) is 15.9 Å². The topological polar surface area (TPSA) is 54.9 Å². The van der Waals surface area contributed by atoms with Crippen molar-refractivity contribution in [2.45, 2.75) is 0 Å². The molecule has 0 unspecified atom stereocenters. The van der Waals surface area contributed by atoms with E-state index in [1.54, 1.807) is 0 Å². The lowest BCUT2D eigenvalue weighted by molar-refractivity contribution is 0.102. The Bertz CT molecular complexity index is 1330. The van der Waals surface area contributed by atoms with Crippen LogP contribution in [0, 0.1) is 0 Å². The number of pyridine rings is 1. The second-order valence-corrected chi connectivity index (χ2v) is 7.99. The van der Waals surface area contributed by atoms with Crippen LogP contribution in [-0.2, 0) is 0 Å². The second kappa shape index (κ2) is 7.28. The summed E-state index contributed by atoms with van der Waals surface area (Å²) < 4.78 is 1.03. The van der Waals surface area contributed by atoms with Crippen molar-refractivity contribution in [1.82, 2.24) is 9.97 Å². The number of rotatable bonds is 3. The maximum atomic E-state index is 13.1. The van der Waals surface area contributed by atoms with Gasteiger partial charge in [0, 0.05) is 16.0 Å². The van der Waals surface area contributed by atoms with Crippen LogP contribution >= 0.6 is 22.9 Å². The van der Waals surface area contributed by atoms with Gasteiger partial charge in [-0.25, -0.2) is 9.97 Å². The van der Waals surface area contributed by atoms with E-state index in [0.717, 1.165) is 32.4 Å². The van der Waals surface area contributed by atoms with Crippen LogP contribution in [0.2, 0.25) is 5.02 Å². The van der Waals surface area contributed by atoms with Crippen molar-refractivity contribution >= 4 is 55.1 Å². The first-order valence-corrected chi connectivity index (χ1v) is 10.2. The molecule has 2 aromatic heterocycles. The molecule has 1 amide bonds. The number of carbonyl (C=O) groups is 1. The third kappa shape index (κ3) is 3.46. The van der Waals surface area contributed by atoms with E-state index in [2.05, 4.69) is 10.3 Å². The van der Waals surface area contributed by atoms with Crippen molar-refractivity contribution in [3.63, 3.8) is 0 Å². The molecule has 0 saturated carbocycles. The van der Waals surface area contributed by atoms with Crippen molar-refractivity contribution in [3.8, 4) is 11.3 Å². The van der Waals surface area contributed by atoms with Gasteiger partial charge in [-0.05, 0) is 36.4 Å². The Morgan fingerprint density at radius 2 is 1.59 bits per heavy atom. The van der Waals surface area contributed by atoms with E-state index in [4.69, 9.17) is 16.6 Å². The largest absolute Gasteiger partial charge is 0.298 e. The summed E-state index contributed by atoms with van der Waals surface area (Å²) in [4.78, 5) is 22.4. The summed E-state index contributed by atoms with van der Waals surface area (Å²) in [6, 6.07) is 24.7. The highest BCUT2D eigenvalue weighted by atomic mass is 35.5. The van der Waals surface area contributed by atoms with E-state index in [1.807, 2.05) is 78.9 Å². The second-order valence-electron chi connectivity index (χ2n) is 6.52. The van der Waals surface area contributed by atoms with E-state index in [9.17, 15) is 4.79 Å². The molecule has 0 atom stereocenters. The van der Waals surface area contributed by atoms with Crippen molar-refractivity contribution in [2.75, 3.05) is 5.32 Å². The molecule has 0 aliphatic carbocycles. The van der Waals surface area contributed by atoms with Crippen molar-refractivity contribution in [1.29, 1.82) is 0 Å². The van der Waals surface area contributed by atoms with E-state index < -0.39 is 0 Å². The lowest BCUT2D eigenvalue weighted by Gasteiger charge is -2.09. The number of benzene rings is 3. The molecular weight excluding hydrogens is 402 g/mol. The zero-order valence-corrected chi connectivity index (χ0v) is 16.7. The van der Waals surface area contributed by atoms with Gasteiger partial charge in [0.05, 0.1) is 27.0 Å². The number of hydrogen-bond acceptors (Lipinski definition) is 4. The highest BCUT2D eigenvalue weighted by Crippen LogP contribution is 2.29. The van der Waals surface area contributed by atoms with Gasteiger partial charge >= 0.3 is 0 Å². The van der Waals surface area contributed by atoms with Crippen molar-refractivity contribution < 1.29 is 4.79 Å². The molecule has 0 bridgehead atoms. The predicted molar refractivity (Wildman–Crippen MR) is 120 cm³/mol. The van der Waals surface area contributed by atoms with Crippen LogP contribution in [0.1, 0.15) is 10.4 Å². The summed E-state index contributed by atoms with van der Waals surface area (Å²) in [5, 5.41) is 4.97. The Kier molecular flexibility index (Phi) is 4.46. The minimum absolute atomic E-state index is 0.210. The summed E-state index contributed by atoms with van der Waals surface area (Å²) in [5.74, 6) is -0.210. The molecule has 0 radical (unpaired) electrons. The maximum absolute atomic E-state index is 13.1. The number of halogens is 1. The minimum Gasteiger partial charge on any atom is -0.298 e. The molecule has 5 rings (SSSR count). The quantitative estimate of drug-likeness (QED) is 0.370. The Hall–Kier alpha value is -3.28. The van der Waals surface area contributed by atoms with Gasteiger partial charge in [0.2, 0.25) is 0 Å². The van der Waals surface area contributed by atoms with E-state index >= 15 is 0 Å². The first-order valence-electron chi connectivity index (χ1n) is 9.00. The molecule has 29 heavy (non-hydrogen) atoms. The van der Waals surface area contributed by atoms with Gasteiger partial charge in [-0.2, -0.15) is 0 Å². The summed E-state index contributed by atoms with van der Waals surface area (Å²) in [5.41, 5.74) is 3.80.